The van der Waals surface area contributed by atoms with E-state index >= 15 is 0 Å². The molecule has 0 fully saturated rings. The van der Waals surface area contributed by atoms with Crippen LogP contribution in [-0.4, -0.2) is 26.5 Å². The Kier molecular flexibility index (Phi) is 3.88. The number of hydrogen-bond acceptors (Lipinski definition) is 4. The second-order valence-corrected chi connectivity index (χ2v) is 4.28. The van der Waals surface area contributed by atoms with E-state index in [9.17, 15) is 4.79 Å². The lowest BCUT2D eigenvalue weighted by Crippen LogP contribution is -2.28. The van der Waals surface area contributed by atoms with Gasteiger partial charge in [0.05, 0.1) is 12.5 Å². The summed E-state index contributed by atoms with van der Waals surface area (Å²) in [5, 5.41) is 16.7. The van der Waals surface area contributed by atoms with Crippen molar-refractivity contribution in [2.24, 2.45) is 0 Å². The van der Waals surface area contributed by atoms with Crippen LogP contribution in [0.1, 0.15) is 24.4 Å². The predicted molar refractivity (Wildman–Crippen MR) is 65.9 cm³/mol. The SMILES string of the molecule is CC(NC(=O)Cc1nn[nH]n1)c1ccc(Cl)cc1. The maximum Gasteiger partial charge on any atom is 0.228 e. The number of aromatic amines is 1. The minimum Gasteiger partial charge on any atom is -0.349 e. The van der Waals surface area contributed by atoms with Crippen molar-refractivity contribution in [2.45, 2.75) is 19.4 Å². The maximum absolute atomic E-state index is 11.7. The van der Waals surface area contributed by atoms with Gasteiger partial charge in [0.25, 0.3) is 0 Å². The van der Waals surface area contributed by atoms with Crippen molar-refractivity contribution < 1.29 is 4.79 Å². The summed E-state index contributed by atoms with van der Waals surface area (Å²) in [6.45, 7) is 1.90. The minimum absolute atomic E-state index is 0.0957. The summed E-state index contributed by atoms with van der Waals surface area (Å²) >= 11 is 5.80. The number of carbonyl (C=O) groups is 1. The van der Waals surface area contributed by atoms with E-state index in [-0.39, 0.29) is 18.4 Å². The van der Waals surface area contributed by atoms with E-state index in [1.54, 1.807) is 12.1 Å². The number of H-pyrrole nitrogens is 1. The Labute approximate surface area is 109 Å². The monoisotopic (exact) mass is 265 g/mol. The molecule has 0 aliphatic rings. The Balaban J connectivity index is 1.92. The normalized spacial score (nSPS) is 12.1. The van der Waals surface area contributed by atoms with E-state index in [2.05, 4.69) is 25.9 Å². The van der Waals surface area contributed by atoms with Crippen molar-refractivity contribution in [1.82, 2.24) is 25.9 Å². The van der Waals surface area contributed by atoms with Gasteiger partial charge in [0, 0.05) is 5.02 Å². The smallest absolute Gasteiger partial charge is 0.228 e. The van der Waals surface area contributed by atoms with Crippen molar-refractivity contribution in [3.63, 3.8) is 0 Å². The maximum atomic E-state index is 11.7. The summed E-state index contributed by atoms with van der Waals surface area (Å²) in [4.78, 5) is 11.7. The average molecular weight is 266 g/mol. The second-order valence-electron chi connectivity index (χ2n) is 3.85. The van der Waals surface area contributed by atoms with E-state index in [1.165, 1.54) is 0 Å². The fourth-order valence-electron chi connectivity index (χ4n) is 1.53. The molecule has 1 aromatic carbocycles. The average Bonchev–Trinajstić information content (AvgIpc) is 2.82. The van der Waals surface area contributed by atoms with Crippen LogP contribution in [0.25, 0.3) is 0 Å². The molecule has 0 spiro atoms. The molecule has 1 heterocycles. The molecule has 1 unspecified atom stereocenters. The van der Waals surface area contributed by atoms with Gasteiger partial charge < -0.3 is 5.32 Å². The molecule has 0 bridgehead atoms. The van der Waals surface area contributed by atoms with Gasteiger partial charge in [-0.05, 0) is 24.6 Å². The molecule has 0 saturated carbocycles. The second kappa shape index (κ2) is 5.59. The largest absolute Gasteiger partial charge is 0.349 e. The Hall–Kier alpha value is -1.95. The third-order valence-electron chi connectivity index (χ3n) is 2.46. The molecule has 1 atom stereocenters. The summed E-state index contributed by atoms with van der Waals surface area (Å²) in [7, 11) is 0. The van der Waals surface area contributed by atoms with Crippen LogP contribution in [0.2, 0.25) is 5.02 Å². The first-order valence-corrected chi connectivity index (χ1v) is 5.80. The van der Waals surface area contributed by atoms with Gasteiger partial charge in [-0.3, -0.25) is 4.79 Å². The van der Waals surface area contributed by atoms with Gasteiger partial charge in [-0.2, -0.15) is 5.21 Å². The first-order chi connectivity index (χ1) is 8.65. The van der Waals surface area contributed by atoms with Gasteiger partial charge in [0.2, 0.25) is 5.91 Å². The highest BCUT2D eigenvalue weighted by atomic mass is 35.5. The number of amides is 1. The van der Waals surface area contributed by atoms with Gasteiger partial charge in [-0.1, -0.05) is 28.9 Å². The van der Waals surface area contributed by atoms with Gasteiger partial charge in [-0.15, -0.1) is 10.2 Å². The quantitative estimate of drug-likeness (QED) is 0.872. The van der Waals surface area contributed by atoms with Gasteiger partial charge in [0.15, 0.2) is 5.82 Å². The molecular weight excluding hydrogens is 254 g/mol. The van der Waals surface area contributed by atoms with Crippen LogP contribution in [0.3, 0.4) is 0 Å². The Bertz CT molecular complexity index is 511. The minimum atomic E-state index is -0.154. The number of nitrogens with one attached hydrogen (secondary N) is 2. The molecule has 94 valence electrons. The van der Waals surface area contributed by atoms with Gasteiger partial charge in [-0.25, -0.2) is 0 Å². The van der Waals surface area contributed by atoms with Crippen molar-refractivity contribution in [3.8, 4) is 0 Å². The Morgan fingerprint density at radius 1 is 1.44 bits per heavy atom. The third kappa shape index (κ3) is 3.27. The van der Waals surface area contributed by atoms with E-state index in [0.717, 1.165) is 5.56 Å². The number of benzene rings is 1. The Morgan fingerprint density at radius 3 is 2.78 bits per heavy atom. The number of rotatable bonds is 4. The van der Waals surface area contributed by atoms with Crippen molar-refractivity contribution in [1.29, 1.82) is 0 Å². The number of tetrazole rings is 1. The summed E-state index contributed by atoms with van der Waals surface area (Å²) < 4.78 is 0. The van der Waals surface area contributed by atoms with Crippen molar-refractivity contribution in [2.75, 3.05) is 0 Å². The van der Waals surface area contributed by atoms with Crippen LogP contribution >= 0.6 is 11.6 Å². The third-order valence-corrected chi connectivity index (χ3v) is 2.71. The fraction of sp³-hybridized carbons (Fsp3) is 0.273. The molecule has 0 aliphatic heterocycles. The van der Waals surface area contributed by atoms with Crippen molar-refractivity contribution >= 4 is 17.5 Å². The molecule has 2 N–H and O–H groups in total. The zero-order valence-electron chi connectivity index (χ0n) is 9.72. The van der Waals surface area contributed by atoms with Crippen LogP contribution in [0.4, 0.5) is 0 Å². The molecule has 0 radical (unpaired) electrons. The molecular formula is C11H12ClN5O. The van der Waals surface area contributed by atoms with Crippen LogP contribution in [0.15, 0.2) is 24.3 Å². The topological polar surface area (TPSA) is 83.6 Å². The van der Waals surface area contributed by atoms with E-state index in [4.69, 9.17) is 11.6 Å². The highest BCUT2D eigenvalue weighted by Crippen LogP contribution is 2.15. The number of carbonyl (C=O) groups excluding carboxylic acids is 1. The number of aromatic nitrogens is 4. The number of nitrogens with zero attached hydrogens (tertiary/aromatic N) is 3. The van der Waals surface area contributed by atoms with Crippen LogP contribution < -0.4 is 5.32 Å². The summed E-state index contributed by atoms with van der Waals surface area (Å²) in [5.41, 5.74) is 0.987. The zero-order valence-corrected chi connectivity index (χ0v) is 10.5. The van der Waals surface area contributed by atoms with Gasteiger partial charge >= 0.3 is 0 Å². The number of halogens is 1. The Morgan fingerprint density at radius 2 is 2.17 bits per heavy atom. The molecule has 1 aromatic heterocycles. The lowest BCUT2D eigenvalue weighted by atomic mass is 10.1. The highest BCUT2D eigenvalue weighted by molar-refractivity contribution is 6.30. The van der Waals surface area contributed by atoms with Crippen LogP contribution in [0, 0.1) is 0 Å². The van der Waals surface area contributed by atoms with Crippen LogP contribution in [0.5, 0.6) is 0 Å². The molecule has 2 rings (SSSR count). The van der Waals surface area contributed by atoms with Crippen molar-refractivity contribution in [3.05, 3.63) is 40.7 Å². The lowest BCUT2D eigenvalue weighted by molar-refractivity contribution is -0.121. The zero-order chi connectivity index (χ0) is 13.0. The molecule has 0 aliphatic carbocycles. The summed E-state index contributed by atoms with van der Waals surface area (Å²) in [5.74, 6) is 0.217. The molecule has 6 nitrogen and oxygen atoms in total. The number of hydrogen-bond donors (Lipinski definition) is 2. The lowest BCUT2D eigenvalue weighted by Gasteiger charge is -2.13. The molecule has 0 saturated heterocycles. The molecule has 1 amide bonds. The summed E-state index contributed by atoms with van der Waals surface area (Å²) in [6, 6.07) is 7.24. The van der Waals surface area contributed by atoms with Crippen LogP contribution in [-0.2, 0) is 11.2 Å². The predicted octanol–water partition coefficient (Wildman–Crippen LogP) is 1.27. The molecule has 7 heteroatoms. The van der Waals surface area contributed by atoms with Gasteiger partial charge in [0.1, 0.15) is 0 Å². The summed E-state index contributed by atoms with van der Waals surface area (Å²) in [6.07, 6.45) is 0.106. The first kappa shape index (κ1) is 12.5. The van der Waals surface area contributed by atoms with E-state index < -0.39 is 0 Å². The fourth-order valence-corrected chi connectivity index (χ4v) is 1.65. The van der Waals surface area contributed by atoms with E-state index in [0.29, 0.717) is 10.8 Å². The standard InChI is InChI=1S/C11H12ClN5O/c1-7(8-2-4-9(12)5-3-8)13-11(18)6-10-14-16-17-15-10/h2-5,7H,6H2,1H3,(H,13,18)(H,14,15,16,17). The highest BCUT2D eigenvalue weighted by Gasteiger charge is 2.11. The molecule has 2 aromatic rings. The van der Waals surface area contributed by atoms with E-state index in [1.807, 2.05) is 19.1 Å². The first-order valence-electron chi connectivity index (χ1n) is 5.42. The molecule has 18 heavy (non-hydrogen) atoms.